The van der Waals surface area contributed by atoms with Gasteiger partial charge in [-0.25, -0.2) is 4.79 Å². The van der Waals surface area contributed by atoms with Gasteiger partial charge < -0.3 is 37.8 Å². The third-order valence-corrected chi connectivity index (χ3v) is 8.21. The van der Waals surface area contributed by atoms with Crippen LogP contribution in [0.25, 0.3) is 0 Å². The number of hydrogen-bond donors (Lipinski definition) is 7. The van der Waals surface area contributed by atoms with E-state index in [0.29, 0.717) is 31.4 Å². The third kappa shape index (κ3) is 16.2. The number of carboxylic acids is 1. The van der Waals surface area contributed by atoms with Crippen LogP contribution in [0.3, 0.4) is 0 Å². The minimum Gasteiger partial charge on any atom is -0.475 e. The summed E-state index contributed by atoms with van der Waals surface area (Å²) in [4.78, 5) is 79.8. The summed E-state index contributed by atoms with van der Waals surface area (Å²) in [6.45, 7) is 7.69. The summed E-state index contributed by atoms with van der Waals surface area (Å²) in [5.74, 6) is -5.74. The molecule has 1 saturated heterocycles. The Balaban J connectivity index is 0.00000167. The number of benzene rings is 1. The van der Waals surface area contributed by atoms with E-state index >= 15 is 0 Å². The van der Waals surface area contributed by atoms with Gasteiger partial charge in [0.1, 0.15) is 12.1 Å². The molecule has 0 bridgehead atoms. The molecule has 1 aromatic carbocycles. The monoisotopic (exact) mass is 727 g/mol. The number of ketones is 1. The zero-order valence-corrected chi connectivity index (χ0v) is 29.6. The number of nitrogens with two attached hydrogens (primary N) is 2. The topological polar surface area (TPSA) is 235 Å². The van der Waals surface area contributed by atoms with Crippen LogP contribution in [0.4, 0.5) is 13.2 Å². The first kappa shape index (κ1) is 44.3. The molecule has 9 N–H and O–H groups in total. The molecule has 1 aliphatic rings. The minimum atomic E-state index is -5.08. The Morgan fingerprint density at radius 1 is 1.00 bits per heavy atom. The first-order valence-corrected chi connectivity index (χ1v) is 17.0. The van der Waals surface area contributed by atoms with Gasteiger partial charge in [0.25, 0.3) is 0 Å². The van der Waals surface area contributed by atoms with Gasteiger partial charge in [0.05, 0.1) is 5.54 Å². The molecule has 0 unspecified atom stereocenters. The number of carbonyl (C=O) groups excluding carboxylic acids is 5. The van der Waals surface area contributed by atoms with Gasteiger partial charge in [0.15, 0.2) is 11.7 Å². The molecule has 286 valence electrons. The normalized spacial score (nSPS) is 22.9. The van der Waals surface area contributed by atoms with E-state index < -0.39 is 47.5 Å². The van der Waals surface area contributed by atoms with Crippen molar-refractivity contribution in [1.29, 1.82) is 0 Å². The minimum absolute atomic E-state index is 0.0704. The number of aliphatic carboxylic acids is 1. The number of hydrogen-bond acceptors (Lipinski definition) is 7. The predicted molar refractivity (Wildman–Crippen MR) is 184 cm³/mol. The number of nitrogens with zero attached hydrogens (tertiary/aromatic N) is 1. The summed E-state index contributed by atoms with van der Waals surface area (Å²) in [7, 11) is 0. The molecule has 0 aliphatic carbocycles. The van der Waals surface area contributed by atoms with Crippen molar-refractivity contribution in [2.24, 2.45) is 28.3 Å². The van der Waals surface area contributed by atoms with E-state index in [1.807, 2.05) is 6.07 Å². The molecular weight excluding hydrogens is 675 g/mol. The lowest BCUT2D eigenvalue weighted by Gasteiger charge is -2.32. The van der Waals surface area contributed by atoms with Crippen LogP contribution in [0, 0.1) is 11.8 Å². The number of guanidine groups is 1. The average Bonchev–Trinajstić information content (AvgIpc) is 3.06. The number of nitrogens with one attached hydrogen (secondary N) is 4. The van der Waals surface area contributed by atoms with Gasteiger partial charge in [-0.15, -0.1) is 0 Å². The maximum absolute atomic E-state index is 13.8. The van der Waals surface area contributed by atoms with Crippen LogP contribution in [0.2, 0.25) is 0 Å². The number of alkyl halides is 3. The van der Waals surface area contributed by atoms with E-state index in [1.165, 1.54) is 0 Å². The lowest BCUT2D eigenvalue weighted by Crippen LogP contribution is -2.55. The molecule has 0 saturated carbocycles. The van der Waals surface area contributed by atoms with Crippen LogP contribution >= 0.6 is 0 Å². The zero-order valence-electron chi connectivity index (χ0n) is 29.6. The number of rotatable bonds is 8. The first-order chi connectivity index (χ1) is 23.8. The first-order valence-electron chi connectivity index (χ1n) is 17.0. The fourth-order valence-electron chi connectivity index (χ4n) is 5.11. The van der Waals surface area contributed by atoms with Gasteiger partial charge in [0.2, 0.25) is 23.6 Å². The van der Waals surface area contributed by atoms with E-state index in [1.54, 1.807) is 52.0 Å². The standard InChI is InChI=1S/C32H51N7O5.C2HF3O2/c1-5-24-29(43)38-26(22-14-9-8-10-15-22)30(44)35-18-12-7-6-11-17-32(4,39-27(41)21(2)3)25(40)20-23(28(42)37-24)16-13-19-36-31(33)34;3-2(4,5)1(6)7/h8-10,14-15,21,23-24,26H,5-7,11-13,16-20H2,1-4H3,(H,35,44)(H,37,42)(H,38,43)(H,39,41)(H4,33,34,36);(H,6,7)/t23-,24-,26+,32+;/m0./s1. The Kier molecular flexibility index (Phi) is 18.7. The van der Waals surface area contributed by atoms with Crippen molar-refractivity contribution < 1.29 is 47.0 Å². The van der Waals surface area contributed by atoms with Crippen molar-refractivity contribution in [1.82, 2.24) is 21.3 Å². The number of amides is 4. The summed E-state index contributed by atoms with van der Waals surface area (Å²) in [5, 5.41) is 18.6. The fraction of sp³-hybridized carbons (Fsp3) is 0.618. The van der Waals surface area contributed by atoms with E-state index in [4.69, 9.17) is 21.4 Å². The Labute approximate surface area is 296 Å². The maximum Gasteiger partial charge on any atom is 0.490 e. The lowest BCUT2D eigenvalue weighted by molar-refractivity contribution is -0.192. The second-order valence-corrected chi connectivity index (χ2v) is 12.8. The molecule has 0 aromatic heterocycles. The highest BCUT2D eigenvalue weighted by Gasteiger charge is 2.39. The zero-order chi connectivity index (χ0) is 38.8. The van der Waals surface area contributed by atoms with Gasteiger partial charge in [-0.1, -0.05) is 70.4 Å². The van der Waals surface area contributed by atoms with Gasteiger partial charge >= 0.3 is 12.1 Å². The molecule has 51 heavy (non-hydrogen) atoms. The Bertz CT molecular complexity index is 1360. The summed E-state index contributed by atoms with van der Waals surface area (Å²) >= 11 is 0. The SMILES string of the molecule is CC[C@@H]1NC(=O)[C@@H](CCCN=C(N)N)CC(=O)[C@](C)(NC(=O)C(C)C)CCCCCCNC(=O)[C@@H](c2ccccc2)NC1=O.O=C(O)C(F)(F)F. The molecule has 1 aromatic rings. The summed E-state index contributed by atoms with van der Waals surface area (Å²) in [6.07, 6.45) is -0.837. The molecular formula is C34H52F3N7O7. The Morgan fingerprint density at radius 3 is 2.16 bits per heavy atom. The molecule has 1 fully saturated rings. The van der Waals surface area contributed by atoms with E-state index in [9.17, 15) is 37.1 Å². The Morgan fingerprint density at radius 2 is 1.61 bits per heavy atom. The third-order valence-electron chi connectivity index (χ3n) is 8.21. The van der Waals surface area contributed by atoms with Crippen molar-refractivity contribution >= 4 is 41.3 Å². The molecule has 0 radical (unpaired) electrons. The number of carbonyl (C=O) groups is 6. The van der Waals surface area contributed by atoms with Gasteiger partial charge in [-0.2, -0.15) is 13.2 Å². The van der Waals surface area contributed by atoms with E-state index in [2.05, 4.69) is 26.3 Å². The van der Waals surface area contributed by atoms with Gasteiger partial charge in [0, 0.05) is 31.3 Å². The average molecular weight is 728 g/mol. The van der Waals surface area contributed by atoms with Crippen LogP contribution in [-0.2, 0) is 28.8 Å². The number of carboxylic acid groups (broad SMARTS) is 1. The lowest BCUT2D eigenvalue weighted by atomic mass is 9.82. The second kappa shape index (κ2) is 21.5. The van der Waals surface area contributed by atoms with Crippen molar-refractivity contribution in [2.45, 2.75) is 109 Å². The molecule has 17 heteroatoms. The quantitative estimate of drug-likeness (QED) is 0.118. The molecule has 0 spiro atoms. The largest absolute Gasteiger partial charge is 0.490 e. The van der Waals surface area contributed by atoms with Crippen molar-refractivity contribution in [3.63, 3.8) is 0 Å². The number of aliphatic imine (C=N–C) groups is 1. The predicted octanol–water partition coefficient (Wildman–Crippen LogP) is 2.61. The summed E-state index contributed by atoms with van der Waals surface area (Å²) in [6, 6.07) is 7.07. The van der Waals surface area contributed by atoms with E-state index in [-0.39, 0.29) is 55.3 Å². The molecule has 1 heterocycles. The Hall–Kier alpha value is -4.70. The van der Waals surface area contributed by atoms with Crippen molar-refractivity contribution in [2.75, 3.05) is 13.1 Å². The van der Waals surface area contributed by atoms with Crippen molar-refractivity contribution in [3.05, 3.63) is 35.9 Å². The maximum atomic E-state index is 13.8. The number of Topliss-reactive ketones (excluding diaryl/α,β-unsaturated/α-hetero) is 1. The molecule has 1 aliphatic heterocycles. The second-order valence-electron chi connectivity index (χ2n) is 12.8. The molecule has 4 amide bonds. The fourth-order valence-corrected chi connectivity index (χ4v) is 5.11. The van der Waals surface area contributed by atoms with Crippen LogP contribution < -0.4 is 32.7 Å². The van der Waals surface area contributed by atoms with Crippen LogP contribution in [0.15, 0.2) is 35.3 Å². The molecule has 4 atom stereocenters. The summed E-state index contributed by atoms with van der Waals surface area (Å²) < 4.78 is 31.7. The van der Waals surface area contributed by atoms with E-state index in [0.717, 1.165) is 19.3 Å². The molecule has 2 rings (SSSR count). The smallest absolute Gasteiger partial charge is 0.475 e. The van der Waals surface area contributed by atoms with Gasteiger partial charge in [-0.05, 0) is 44.6 Å². The van der Waals surface area contributed by atoms with Crippen LogP contribution in [0.1, 0.15) is 97.1 Å². The molecule has 14 nitrogen and oxygen atoms in total. The van der Waals surface area contributed by atoms with Crippen molar-refractivity contribution in [3.8, 4) is 0 Å². The van der Waals surface area contributed by atoms with Gasteiger partial charge in [-0.3, -0.25) is 29.0 Å². The summed E-state index contributed by atoms with van der Waals surface area (Å²) in [5.41, 5.74) is 10.4. The van der Waals surface area contributed by atoms with Crippen LogP contribution in [0.5, 0.6) is 0 Å². The number of halogens is 3. The van der Waals surface area contributed by atoms with Crippen LogP contribution in [-0.4, -0.2) is 77.3 Å². The highest BCUT2D eigenvalue weighted by molar-refractivity contribution is 5.97. The highest BCUT2D eigenvalue weighted by Crippen LogP contribution is 2.24. The highest BCUT2D eigenvalue weighted by atomic mass is 19.4.